The van der Waals surface area contributed by atoms with Gasteiger partial charge in [-0.25, -0.2) is 0 Å². The van der Waals surface area contributed by atoms with Crippen molar-refractivity contribution in [3.8, 4) is 0 Å². The lowest BCUT2D eigenvalue weighted by molar-refractivity contribution is -0.131. The van der Waals surface area contributed by atoms with Gasteiger partial charge in [-0.2, -0.15) is 0 Å². The van der Waals surface area contributed by atoms with E-state index in [-0.39, 0.29) is 5.91 Å². The van der Waals surface area contributed by atoms with Crippen molar-refractivity contribution >= 4 is 5.91 Å². The Balaban J connectivity index is 2.46. The molecular formula is C17H28N2O. The van der Waals surface area contributed by atoms with Crippen LogP contribution in [0.5, 0.6) is 0 Å². The number of nitrogens with two attached hydrogens (primary N) is 1. The summed E-state index contributed by atoms with van der Waals surface area (Å²) >= 11 is 0. The number of benzene rings is 1. The predicted octanol–water partition coefficient (Wildman–Crippen LogP) is 3.06. The van der Waals surface area contributed by atoms with E-state index < -0.39 is 5.41 Å². The smallest absolute Gasteiger partial charge is 0.227 e. The fourth-order valence-corrected chi connectivity index (χ4v) is 2.49. The second-order valence-electron chi connectivity index (χ2n) is 5.55. The van der Waals surface area contributed by atoms with Crippen molar-refractivity contribution in [3.63, 3.8) is 0 Å². The van der Waals surface area contributed by atoms with Crippen LogP contribution in [0.2, 0.25) is 0 Å². The van der Waals surface area contributed by atoms with Crippen LogP contribution >= 0.6 is 0 Å². The number of carbonyl (C=O) groups excluding carboxylic acids is 1. The molecule has 0 saturated heterocycles. The molecule has 1 atom stereocenters. The summed E-state index contributed by atoms with van der Waals surface area (Å²) in [6.45, 7) is 7.37. The van der Waals surface area contributed by atoms with Crippen LogP contribution in [0.25, 0.3) is 0 Å². The van der Waals surface area contributed by atoms with Gasteiger partial charge in [0.2, 0.25) is 5.91 Å². The van der Waals surface area contributed by atoms with Crippen LogP contribution in [-0.2, 0) is 4.79 Å². The lowest BCUT2D eigenvalue weighted by Gasteiger charge is -2.28. The molecule has 3 N–H and O–H groups in total. The molecular weight excluding hydrogens is 248 g/mol. The van der Waals surface area contributed by atoms with Gasteiger partial charge in [-0.05, 0) is 30.7 Å². The van der Waals surface area contributed by atoms with E-state index in [0.717, 1.165) is 19.3 Å². The molecule has 1 aromatic carbocycles. The van der Waals surface area contributed by atoms with E-state index in [1.54, 1.807) is 0 Å². The minimum atomic E-state index is -0.393. The van der Waals surface area contributed by atoms with Crippen molar-refractivity contribution in [2.75, 3.05) is 13.1 Å². The lowest BCUT2D eigenvalue weighted by atomic mass is 9.81. The van der Waals surface area contributed by atoms with E-state index in [9.17, 15) is 4.79 Å². The van der Waals surface area contributed by atoms with Crippen LogP contribution in [0, 0.1) is 5.41 Å². The summed E-state index contributed by atoms with van der Waals surface area (Å²) in [6, 6.07) is 10.4. The van der Waals surface area contributed by atoms with Gasteiger partial charge in [0.15, 0.2) is 0 Å². The maximum atomic E-state index is 12.3. The van der Waals surface area contributed by atoms with Gasteiger partial charge in [-0.15, -0.1) is 0 Å². The van der Waals surface area contributed by atoms with E-state index in [4.69, 9.17) is 5.73 Å². The summed E-state index contributed by atoms with van der Waals surface area (Å²) in [6.07, 6.45) is 2.53. The molecule has 3 nitrogen and oxygen atoms in total. The summed E-state index contributed by atoms with van der Waals surface area (Å²) < 4.78 is 0. The molecule has 0 spiro atoms. The lowest BCUT2D eigenvalue weighted by Crippen LogP contribution is -2.45. The number of amides is 1. The fraction of sp³-hybridized carbons (Fsp3) is 0.588. The zero-order chi connectivity index (χ0) is 15.0. The first-order valence-electron chi connectivity index (χ1n) is 7.63. The predicted molar refractivity (Wildman–Crippen MR) is 84.6 cm³/mol. The minimum absolute atomic E-state index is 0.102. The number of hydrogen-bond acceptors (Lipinski definition) is 2. The van der Waals surface area contributed by atoms with Crippen LogP contribution in [0.1, 0.15) is 51.5 Å². The first-order valence-corrected chi connectivity index (χ1v) is 7.63. The fourth-order valence-electron chi connectivity index (χ4n) is 2.49. The quantitative estimate of drug-likeness (QED) is 0.766. The highest BCUT2D eigenvalue weighted by Crippen LogP contribution is 2.25. The molecule has 112 valence electrons. The Morgan fingerprint density at radius 1 is 1.25 bits per heavy atom. The van der Waals surface area contributed by atoms with Crippen molar-refractivity contribution < 1.29 is 4.79 Å². The Labute approximate surface area is 122 Å². The molecule has 0 aliphatic heterocycles. The molecule has 0 aliphatic rings. The third kappa shape index (κ3) is 4.07. The molecule has 0 heterocycles. The zero-order valence-corrected chi connectivity index (χ0v) is 13.0. The normalized spacial score (nSPS) is 13.0. The van der Waals surface area contributed by atoms with Gasteiger partial charge < -0.3 is 11.1 Å². The minimum Gasteiger partial charge on any atom is -0.356 e. The van der Waals surface area contributed by atoms with E-state index in [1.165, 1.54) is 5.56 Å². The van der Waals surface area contributed by atoms with Gasteiger partial charge in [0.1, 0.15) is 0 Å². The Bertz CT molecular complexity index is 390. The molecule has 0 fully saturated rings. The highest BCUT2D eigenvalue weighted by atomic mass is 16.2. The number of nitrogens with one attached hydrogen (secondary N) is 1. The van der Waals surface area contributed by atoms with Crippen molar-refractivity contribution in [1.29, 1.82) is 0 Å². The van der Waals surface area contributed by atoms with E-state index >= 15 is 0 Å². The SMILES string of the molecule is CCC(CC)(CN)C(=O)NCCC(C)c1ccccc1. The summed E-state index contributed by atoms with van der Waals surface area (Å²) in [5.74, 6) is 0.553. The van der Waals surface area contributed by atoms with Crippen LogP contribution in [-0.4, -0.2) is 19.0 Å². The van der Waals surface area contributed by atoms with E-state index in [0.29, 0.717) is 19.0 Å². The van der Waals surface area contributed by atoms with Gasteiger partial charge in [-0.3, -0.25) is 4.79 Å². The third-order valence-corrected chi connectivity index (χ3v) is 4.46. The standard InChI is InChI=1S/C17H28N2O/c1-4-17(5-2,13-18)16(20)19-12-11-14(3)15-9-7-6-8-10-15/h6-10,14H,4-5,11-13,18H2,1-3H3,(H,19,20). The second kappa shape index (κ2) is 8.05. The maximum Gasteiger partial charge on any atom is 0.227 e. The van der Waals surface area contributed by atoms with E-state index in [1.807, 2.05) is 19.9 Å². The van der Waals surface area contributed by atoms with Crippen molar-refractivity contribution in [1.82, 2.24) is 5.32 Å². The Morgan fingerprint density at radius 3 is 2.35 bits per heavy atom. The summed E-state index contributed by atoms with van der Waals surface area (Å²) in [5, 5.41) is 3.06. The van der Waals surface area contributed by atoms with Crippen molar-refractivity contribution in [2.24, 2.45) is 11.1 Å². The molecule has 1 amide bonds. The number of hydrogen-bond donors (Lipinski definition) is 2. The summed E-state index contributed by atoms with van der Waals surface area (Å²) in [7, 11) is 0. The molecule has 0 aliphatic carbocycles. The van der Waals surface area contributed by atoms with Gasteiger partial charge >= 0.3 is 0 Å². The van der Waals surface area contributed by atoms with Gasteiger partial charge in [0, 0.05) is 13.1 Å². The largest absolute Gasteiger partial charge is 0.356 e. The molecule has 0 radical (unpaired) electrons. The molecule has 0 bridgehead atoms. The number of carbonyl (C=O) groups is 1. The van der Waals surface area contributed by atoms with E-state index in [2.05, 4.69) is 36.5 Å². The molecule has 0 aromatic heterocycles. The topological polar surface area (TPSA) is 55.1 Å². The van der Waals surface area contributed by atoms with Crippen molar-refractivity contribution in [2.45, 2.75) is 46.0 Å². The van der Waals surface area contributed by atoms with Crippen LogP contribution in [0.3, 0.4) is 0 Å². The van der Waals surface area contributed by atoms with Crippen LogP contribution < -0.4 is 11.1 Å². The summed E-state index contributed by atoms with van der Waals surface area (Å²) in [5.41, 5.74) is 6.72. The average Bonchev–Trinajstić information content (AvgIpc) is 2.50. The molecule has 1 rings (SSSR count). The zero-order valence-electron chi connectivity index (χ0n) is 13.0. The molecule has 20 heavy (non-hydrogen) atoms. The average molecular weight is 276 g/mol. The van der Waals surface area contributed by atoms with Gasteiger partial charge in [0.05, 0.1) is 5.41 Å². The Hall–Kier alpha value is -1.35. The van der Waals surface area contributed by atoms with Gasteiger partial charge in [0.25, 0.3) is 0 Å². The number of rotatable bonds is 8. The van der Waals surface area contributed by atoms with Gasteiger partial charge in [-0.1, -0.05) is 51.1 Å². The highest BCUT2D eigenvalue weighted by molar-refractivity contribution is 5.82. The summed E-state index contributed by atoms with van der Waals surface area (Å²) in [4.78, 5) is 12.3. The Kier molecular flexibility index (Phi) is 6.73. The maximum absolute atomic E-state index is 12.3. The van der Waals surface area contributed by atoms with Crippen molar-refractivity contribution in [3.05, 3.63) is 35.9 Å². The Morgan fingerprint density at radius 2 is 1.85 bits per heavy atom. The third-order valence-electron chi connectivity index (χ3n) is 4.46. The molecule has 0 saturated carbocycles. The van der Waals surface area contributed by atoms with Crippen LogP contribution in [0.4, 0.5) is 0 Å². The first-order chi connectivity index (χ1) is 9.59. The first kappa shape index (κ1) is 16.7. The highest BCUT2D eigenvalue weighted by Gasteiger charge is 2.32. The monoisotopic (exact) mass is 276 g/mol. The second-order valence-corrected chi connectivity index (χ2v) is 5.55. The molecule has 3 heteroatoms. The van der Waals surface area contributed by atoms with Crippen LogP contribution in [0.15, 0.2) is 30.3 Å². The molecule has 1 aromatic rings. The molecule has 1 unspecified atom stereocenters.